The van der Waals surface area contributed by atoms with Crippen LogP contribution >= 0.6 is 0 Å². The topological polar surface area (TPSA) is 69.7 Å². The first-order valence-corrected chi connectivity index (χ1v) is 11.0. The fraction of sp³-hybridized carbons (Fsp3) is 0.400. The molecule has 3 aromatic rings. The quantitative estimate of drug-likeness (QED) is 0.522. The maximum Gasteiger partial charge on any atom is 0.160 e. The number of para-hydroxylation sites is 1. The van der Waals surface area contributed by atoms with Gasteiger partial charge in [-0.15, -0.1) is 0 Å². The fourth-order valence-corrected chi connectivity index (χ4v) is 4.35. The first-order valence-electron chi connectivity index (χ1n) is 11.0. The molecule has 1 saturated carbocycles. The van der Waals surface area contributed by atoms with Crippen LogP contribution in [0.4, 0.5) is 11.5 Å². The third-order valence-corrected chi connectivity index (χ3v) is 6.09. The fourth-order valence-electron chi connectivity index (χ4n) is 4.35. The van der Waals surface area contributed by atoms with E-state index in [1.165, 1.54) is 11.1 Å². The van der Waals surface area contributed by atoms with Crippen molar-refractivity contribution in [3.63, 3.8) is 0 Å². The van der Waals surface area contributed by atoms with Crippen molar-refractivity contribution in [1.82, 2.24) is 10.3 Å². The standard InChI is InChI=1S/C25H32N4O2/c1-29(2)22-15-25(28-21-7-5-4-6-20(21)22)27-19-11-9-18(10-12-19)26-16-17-8-13-23(30)24(14-17)31-3/h4-8,13-15,18-19,26,30H,9-12,16H2,1-3H3,(H,27,28)/t18-,19+. The van der Waals surface area contributed by atoms with Crippen LogP contribution in [0.3, 0.4) is 0 Å². The first-order chi connectivity index (χ1) is 15.0. The predicted octanol–water partition coefficient (Wildman–Crippen LogP) is 4.53. The SMILES string of the molecule is COc1cc(CN[C@H]2CC[C@@H](Nc3cc(N(C)C)c4ccccc4n3)CC2)ccc1O. The van der Waals surface area contributed by atoms with E-state index < -0.39 is 0 Å². The smallest absolute Gasteiger partial charge is 0.160 e. The highest BCUT2D eigenvalue weighted by Gasteiger charge is 2.21. The second-order valence-electron chi connectivity index (χ2n) is 8.52. The summed E-state index contributed by atoms with van der Waals surface area (Å²) in [5, 5.41) is 18.3. The number of benzene rings is 2. The minimum atomic E-state index is 0.178. The maximum absolute atomic E-state index is 9.75. The van der Waals surface area contributed by atoms with Crippen LogP contribution in [0.1, 0.15) is 31.2 Å². The number of hydrogen-bond acceptors (Lipinski definition) is 6. The number of rotatable bonds is 7. The molecule has 2 aromatic carbocycles. The van der Waals surface area contributed by atoms with Gasteiger partial charge in [-0.2, -0.15) is 0 Å². The Balaban J connectivity index is 1.33. The summed E-state index contributed by atoms with van der Waals surface area (Å²) >= 11 is 0. The summed E-state index contributed by atoms with van der Waals surface area (Å²) in [5.41, 5.74) is 3.33. The molecule has 0 unspecified atom stereocenters. The Labute approximate surface area is 184 Å². The minimum Gasteiger partial charge on any atom is -0.504 e. The number of methoxy groups -OCH3 is 1. The first kappa shape index (κ1) is 21.2. The largest absolute Gasteiger partial charge is 0.504 e. The molecule has 164 valence electrons. The van der Waals surface area contributed by atoms with Crippen molar-refractivity contribution in [2.45, 2.75) is 44.3 Å². The van der Waals surface area contributed by atoms with Gasteiger partial charge < -0.3 is 25.4 Å². The van der Waals surface area contributed by atoms with Crippen molar-refractivity contribution in [1.29, 1.82) is 0 Å². The molecule has 0 radical (unpaired) electrons. The molecule has 31 heavy (non-hydrogen) atoms. The van der Waals surface area contributed by atoms with Crippen LogP contribution in [0.5, 0.6) is 11.5 Å². The van der Waals surface area contributed by atoms with Gasteiger partial charge in [0.05, 0.1) is 12.6 Å². The molecular formula is C25H32N4O2. The summed E-state index contributed by atoms with van der Waals surface area (Å²) in [4.78, 5) is 6.99. The van der Waals surface area contributed by atoms with Gasteiger partial charge in [-0.1, -0.05) is 24.3 Å². The minimum absolute atomic E-state index is 0.178. The van der Waals surface area contributed by atoms with Crippen LogP contribution in [-0.4, -0.2) is 43.4 Å². The van der Waals surface area contributed by atoms with E-state index in [0.717, 1.165) is 49.1 Å². The molecule has 0 aliphatic heterocycles. The normalized spacial score (nSPS) is 18.7. The lowest BCUT2D eigenvalue weighted by atomic mass is 9.91. The molecule has 4 rings (SSSR count). The van der Waals surface area contributed by atoms with Crippen LogP contribution in [0.2, 0.25) is 0 Å². The molecular weight excluding hydrogens is 388 g/mol. The Bertz CT molecular complexity index is 1030. The number of pyridine rings is 1. The number of aromatic hydroxyl groups is 1. The second-order valence-corrected chi connectivity index (χ2v) is 8.52. The van der Waals surface area contributed by atoms with Gasteiger partial charge in [0.2, 0.25) is 0 Å². The van der Waals surface area contributed by atoms with Crippen LogP contribution in [0.25, 0.3) is 10.9 Å². The third kappa shape index (κ3) is 5.02. The van der Waals surface area contributed by atoms with Crippen molar-refractivity contribution in [2.24, 2.45) is 0 Å². The zero-order valence-corrected chi connectivity index (χ0v) is 18.6. The summed E-state index contributed by atoms with van der Waals surface area (Å²) in [5.74, 6) is 1.65. The van der Waals surface area contributed by atoms with E-state index in [4.69, 9.17) is 9.72 Å². The molecule has 1 heterocycles. The summed E-state index contributed by atoms with van der Waals surface area (Å²) in [6.07, 6.45) is 4.48. The van der Waals surface area contributed by atoms with E-state index in [1.807, 2.05) is 18.2 Å². The lowest BCUT2D eigenvalue weighted by Crippen LogP contribution is -2.36. The van der Waals surface area contributed by atoms with E-state index in [2.05, 4.69) is 53.9 Å². The zero-order valence-electron chi connectivity index (χ0n) is 18.6. The number of hydrogen-bond donors (Lipinski definition) is 3. The van der Waals surface area contributed by atoms with Crippen molar-refractivity contribution < 1.29 is 9.84 Å². The number of fused-ring (bicyclic) bond motifs is 1. The van der Waals surface area contributed by atoms with Gasteiger partial charge in [-0.25, -0.2) is 4.98 Å². The molecule has 0 bridgehead atoms. The Kier molecular flexibility index (Phi) is 6.47. The van der Waals surface area contributed by atoms with E-state index in [1.54, 1.807) is 13.2 Å². The Morgan fingerprint density at radius 1 is 1.03 bits per heavy atom. The third-order valence-electron chi connectivity index (χ3n) is 6.09. The molecule has 6 heteroatoms. The lowest BCUT2D eigenvalue weighted by molar-refractivity contribution is 0.351. The van der Waals surface area contributed by atoms with E-state index in [9.17, 15) is 5.11 Å². The van der Waals surface area contributed by atoms with Crippen LogP contribution in [-0.2, 0) is 6.54 Å². The van der Waals surface area contributed by atoms with Crippen LogP contribution < -0.4 is 20.3 Å². The summed E-state index contributed by atoms with van der Waals surface area (Å²) in [7, 11) is 5.73. The molecule has 0 saturated heterocycles. The highest BCUT2D eigenvalue weighted by Crippen LogP contribution is 2.30. The number of ether oxygens (including phenoxy) is 1. The number of phenolic OH excluding ortho intramolecular Hbond substituents is 1. The average molecular weight is 421 g/mol. The highest BCUT2D eigenvalue weighted by molar-refractivity contribution is 5.93. The molecule has 0 spiro atoms. The predicted molar refractivity (Wildman–Crippen MR) is 127 cm³/mol. The van der Waals surface area contributed by atoms with Crippen LogP contribution in [0, 0.1) is 0 Å². The molecule has 0 atom stereocenters. The Morgan fingerprint density at radius 3 is 2.52 bits per heavy atom. The summed E-state index contributed by atoms with van der Waals surface area (Å²) in [6.45, 7) is 0.776. The second kappa shape index (κ2) is 9.43. The van der Waals surface area contributed by atoms with Crippen molar-refractivity contribution in [3.05, 3.63) is 54.1 Å². The molecule has 1 aliphatic carbocycles. The van der Waals surface area contributed by atoms with E-state index >= 15 is 0 Å². The number of nitrogens with one attached hydrogen (secondary N) is 2. The number of anilines is 2. The average Bonchev–Trinajstić information content (AvgIpc) is 2.79. The number of nitrogens with zero attached hydrogens (tertiary/aromatic N) is 2. The van der Waals surface area contributed by atoms with Gasteiger partial charge in [-0.05, 0) is 49.4 Å². The monoisotopic (exact) mass is 420 g/mol. The van der Waals surface area contributed by atoms with Crippen LogP contribution in [0.15, 0.2) is 48.5 Å². The highest BCUT2D eigenvalue weighted by atomic mass is 16.5. The number of phenols is 1. The van der Waals surface area contributed by atoms with E-state index in [-0.39, 0.29) is 5.75 Å². The van der Waals surface area contributed by atoms with Crippen molar-refractivity contribution in [3.8, 4) is 11.5 Å². The van der Waals surface area contributed by atoms with Gasteiger partial charge in [0.1, 0.15) is 5.82 Å². The van der Waals surface area contributed by atoms with E-state index in [0.29, 0.717) is 17.8 Å². The van der Waals surface area contributed by atoms with Gasteiger partial charge >= 0.3 is 0 Å². The van der Waals surface area contributed by atoms with Gasteiger partial charge in [0.25, 0.3) is 0 Å². The molecule has 3 N–H and O–H groups in total. The molecule has 6 nitrogen and oxygen atoms in total. The Morgan fingerprint density at radius 2 is 1.77 bits per heavy atom. The molecule has 1 fully saturated rings. The van der Waals surface area contributed by atoms with Gasteiger partial charge in [0, 0.05) is 49.9 Å². The summed E-state index contributed by atoms with van der Waals surface area (Å²) < 4.78 is 5.20. The number of aromatic nitrogens is 1. The zero-order chi connectivity index (χ0) is 21.8. The maximum atomic E-state index is 9.75. The lowest BCUT2D eigenvalue weighted by Gasteiger charge is -2.30. The Hall–Kier alpha value is -2.99. The van der Waals surface area contributed by atoms with Crippen molar-refractivity contribution in [2.75, 3.05) is 31.4 Å². The molecule has 0 amide bonds. The summed E-state index contributed by atoms with van der Waals surface area (Å²) in [6, 6.07) is 16.9. The molecule has 1 aromatic heterocycles. The van der Waals surface area contributed by atoms with Crippen molar-refractivity contribution >= 4 is 22.4 Å². The van der Waals surface area contributed by atoms with Gasteiger partial charge in [-0.3, -0.25) is 0 Å². The molecule has 1 aliphatic rings. The van der Waals surface area contributed by atoms with Gasteiger partial charge in [0.15, 0.2) is 11.5 Å².